The zero-order chi connectivity index (χ0) is 16.3. The van der Waals surface area contributed by atoms with Crippen LogP contribution in [0.2, 0.25) is 0 Å². The number of ether oxygens (including phenoxy) is 1. The van der Waals surface area contributed by atoms with Crippen molar-refractivity contribution in [1.82, 2.24) is 14.6 Å². The summed E-state index contributed by atoms with van der Waals surface area (Å²) in [6.45, 7) is 2.48. The van der Waals surface area contributed by atoms with Crippen LogP contribution in [-0.4, -0.2) is 62.7 Å². The highest BCUT2D eigenvalue weighted by Gasteiger charge is 2.34. The minimum Gasteiger partial charge on any atom is -0.379 e. The molecule has 1 aromatic heterocycles. The van der Waals surface area contributed by atoms with E-state index in [1.54, 1.807) is 12.1 Å². The molecule has 1 aromatic rings. The number of aryl methyl sites for hydroxylation is 1. The number of aromatic nitrogens is 1. The number of amides is 1. The van der Waals surface area contributed by atoms with Gasteiger partial charge >= 0.3 is 0 Å². The van der Waals surface area contributed by atoms with Crippen LogP contribution in [-0.2, 0) is 14.8 Å². The van der Waals surface area contributed by atoms with Gasteiger partial charge in [-0.3, -0.25) is 9.78 Å². The lowest BCUT2D eigenvalue weighted by Gasteiger charge is -2.21. The summed E-state index contributed by atoms with van der Waals surface area (Å²) in [7, 11) is -0.337. The van der Waals surface area contributed by atoms with Gasteiger partial charge in [0.15, 0.2) is 0 Å². The van der Waals surface area contributed by atoms with E-state index in [1.807, 2.05) is 6.92 Å². The first-order chi connectivity index (χ1) is 10.3. The van der Waals surface area contributed by atoms with Gasteiger partial charge in [-0.15, -0.1) is 0 Å². The maximum atomic E-state index is 12.2. The van der Waals surface area contributed by atoms with E-state index in [2.05, 4.69) is 10.3 Å². The van der Waals surface area contributed by atoms with Gasteiger partial charge in [-0.1, -0.05) is 0 Å². The number of nitrogens with zero attached hydrogens (tertiary/aromatic N) is 2. The van der Waals surface area contributed by atoms with E-state index in [1.165, 1.54) is 24.6 Å². The van der Waals surface area contributed by atoms with Crippen LogP contribution in [0.25, 0.3) is 0 Å². The van der Waals surface area contributed by atoms with Crippen LogP contribution < -0.4 is 5.32 Å². The van der Waals surface area contributed by atoms with Crippen molar-refractivity contribution in [1.29, 1.82) is 0 Å². The second-order valence-electron chi connectivity index (χ2n) is 5.63. The number of carbonyl (C=O) groups excluding carboxylic acids is 1. The molecule has 0 bridgehead atoms. The molecule has 122 valence electrons. The third-order valence-corrected chi connectivity index (χ3v) is 5.63. The highest BCUT2D eigenvalue weighted by molar-refractivity contribution is 7.89. The molecule has 0 spiro atoms. The van der Waals surface area contributed by atoms with Crippen molar-refractivity contribution in [3.8, 4) is 0 Å². The molecule has 0 aliphatic carbocycles. The summed E-state index contributed by atoms with van der Waals surface area (Å²) >= 11 is 0. The van der Waals surface area contributed by atoms with Gasteiger partial charge in [0.25, 0.3) is 5.91 Å². The van der Waals surface area contributed by atoms with Crippen LogP contribution in [0.15, 0.2) is 18.3 Å². The molecule has 7 nitrogen and oxygen atoms in total. The number of sulfonamides is 1. The SMILES string of the molecule is Cc1ccc(C(=O)N[C@@H]2COC[C@H]2CS(=O)(=O)N(C)C)cn1. The van der Waals surface area contributed by atoms with Crippen molar-refractivity contribution in [3.63, 3.8) is 0 Å². The minimum absolute atomic E-state index is 0.0445. The van der Waals surface area contributed by atoms with Gasteiger partial charge in [0.05, 0.1) is 30.6 Å². The Morgan fingerprint density at radius 2 is 2.14 bits per heavy atom. The van der Waals surface area contributed by atoms with Crippen molar-refractivity contribution in [2.45, 2.75) is 13.0 Å². The zero-order valence-corrected chi connectivity index (χ0v) is 13.8. The van der Waals surface area contributed by atoms with Gasteiger partial charge in [0, 0.05) is 31.9 Å². The second-order valence-corrected chi connectivity index (χ2v) is 7.85. The Kier molecular flexibility index (Phi) is 5.15. The van der Waals surface area contributed by atoms with Crippen LogP contribution in [0.5, 0.6) is 0 Å². The molecule has 8 heteroatoms. The molecule has 2 atom stereocenters. The summed E-state index contributed by atoms with van der Waals surface area (Å²) in [5.74, 6) is -0.568. The molecule has 0 aromatic carbocycles. The maximum Gasteiger partial charge on any atom is 0.253 e. The van der Waals surface area contributed by atoms with E-state index < -0.39 is 10.0 Å². The molecule has 0 unspecified atom stereocenters. The lowest BCUT2D eigenvalue weighted by Crippen LogP contribution is -2.43. The molecule has 1 amide bonds. The molecule has 2 rings (SSSR count). The lowest BCUT2D eigenvalue weighted by atomic mass is 10.1. The van der Waals surface area contributed by atoms with Gasteiger partial charge in [0.1, 0.15) is 0 Å². The van der Waals surface area contributed by atoms with Crippen LogP contribution >= 0.6 is 0 Å². The Bertz CT molecular complexity index is 628. The van der Waals surface area contributed by atoms with E-state index >= 15 is 0 Å². The molecule has 1 aliphatic heterocycles. The number of nitrogens with one attached hydrogen (secondary N) is 1. The predicted octanol–water partition coefficient (Wildman–Crippen LogP) is 0.0262. The largest absolute Gasteiger partial charge is 0.379 e. The van der Waals surface area contributed by atoms with Crippen molar-refractivity contribution >= 4 is 15.9 Å². The van der Waals surface area contributed by atoms with Crippen molar-refractivity contribution in [3.05, 3.63) is 29.6 Å². The van der Waals surface area contributed by atoms with Gasteiger partial charge in [0.2, 0.25) is 10.0 Å². The van der Waals surface area contributed by atoms with Crippen molar-refractivity contribution in [2.75, 3.05) is 33.1 Å². The van der Waals surface area contributed by atoms with Gasteiger partial charge in [-0.05, 0) is 19.1 Å². The number of carbonyl (C=O) groups is 1. The quantitative estimate of drug-likeness (QED) is 0.824. The molecular weight excluding hydrogens is 306 g/mol. The molecule has 2 heterocycles. The Morgan fingerprint density at radius 1 is 1.41 bits per heavy atom. The summed E-state index contributed by atoms with van der Waals surface area (Å²) in [6, 6.07) is 3.14. The number of rotatable bonds is 5. The molecule has 1 saturated heterocycles. The summed E-state index contributed by atoms with van der Waals surface area (Å²) in [5.41, 5.74) is 1.28. The fourth-order valence-electron chi connectivity index (χ4n) is 2.20. The fourth-order valence-corrected chi connectivity index (χ4v) is 3.36. The Morgan fingerprint density at radius 3 is 2.73 bits per heavy atom. The zero-order valence-electron chi connectivity index (χ0n) is 12.9. The normalized spacial score (nSPS) is 22.0. The lowest BCUT2D eigenvalue weighted by molar-refractivity contribution is 0.0925. The number of pyridine rings is 1. The molecule has 0 radical (unpaired) electrons. The van der Waals surface area contributed by atoms with Gasteiger partial charge in [-0.2, -0.15) is 0 Å². The number of hydrogen-bond donors (Lipinski definition) is 1. The molecule has 22 heavy (non-hydrogen) atoms. The Balaban J connectivity index is 2.02. The summed E-state index contributed by atoms with van der Waals surface area (Å²) < 4.78 is 30.5. The first kappa shape index (κ1) is 16.9. The van der Waals surface area contributed by atoms with Crippen molar-refractivity contribution < 1.29 is 17.9 Å². The van der Waals surface area contributed by atoms with E-state index in [0.717, 1.165) is 5.69 Å². The van der Waals surface area contributed by atoms with E-state index in [-0.39, 0.29) is 23.6 Å². The topological polar surface area (TPSA) is 88.6 Å². The van der Waals surface area contributed by atoms with E-state index in [9.17, 15) is 13.2 Å². The van der Waals surface area contributed by atoms with Crippen LogP contribution in [0.4, 0.5) is 0 Å². The first-order valence-electron chi connectivity index (χ1n) is 7.01. The van der Waals surface area contributed by atoms with Crippen LogP contribution in [0.3, 0.4) is 0 Å². The van der Waals surface area contributed by atoms with E-state index in [4.69, 9.17) is 4.74 Å². The monoisotopic (exact) mass is 327 g/mol. The smallest absolute Gasteiger partial charge is 0.253 e. The van der Waals surface area contributed by atoms with Gasteiger partial charge in [-0.25, -0.2) is 12.7 Å². The predicted molar refractivity (Wildman–Crippen MR) is 82.0 cm³/mol. The first-order valence-corrected chi connectivity index (χ1v) is 8.62. The highest BCUT2D eigenvalue weighted by Crippen LogP contribution is 2.17. The minimum atomic E-state index is -3.33. The second kappa shape index (κ2) is 6.72. The molecule has 0 saturated carbocycles. The maximum absolute atomic E-state index is 12.2. The summed E-state index contributed by atoms with van der Waals surface area (Å²) in [6.07, 6.45) is 1.51. The van der Waals surface area contributed by atoms with Crippen molar-refractivity contribution in [2.24, 2.45) is 5.92 Å². The van der Waals surface area contributed by atoms with Crippen LogP contribution in [0.1, 0.15) is 16.1 Å². The third-order valence-electron chi connectivity index (χ3n) is 3.67. The van der Waals surface area contributed by atoms with E-state index in [0.29, 0.717) is 18.8 Å². The molecule has 1 aliphatic rings. The third kappa shape index (κ3) is 4.02. The molecular formula is C14H21N3O4S. The fraction of sp³-hybridized carbons (Fsp3) is 0.571. The summed E-state index contributed by atoms with van der Waals surface area (Å²) in [5, 5.41) is 2.84. The highest BCUT2D eigenvalue weighted by atomic mass is 32.2. The Labute approximate surface area is 130 Å². The average molecular weight is 327 g/mol. The standard InChI is InChI=1S/C14H21N3O4S/c1-10-4-5-11(6-15-10)14(18)16-13-8-21-7-12(13)9-22(19,20)17(2)3/h4-6,12-13H,7-9H2,1-3H3,(H,16,18)/t12-,13+/m0/s1. The van der Waals surface area contributed by atoms with Gasteiger partial charge < -0.3 is 10.1 Å². The summed E-state index contributed by atoms with van der Waals surface area (Å²) in [4.78, 5) is 16.3. The average Bonchev–Trinajstić information content (AvgIpc) is 2.85. The Hall–Kier alpha value is -1.51. The molecule has 1 N–H and O–H groups in total. The molecule has 1 fully saturated rings. The number of hydrogen-bond acceptors (Lipinski definition) is 5. The van der Waals surface area contributed by atoms with Crippen LogP contribution in [0, 0.1) is 12.8 Å².